The number of ether oxygens (including phenoxy) is 1. The summed E-state index contributed by atoms with van der Waals surface area (Å²) < 4.78 is 7.01. The van der Waals surface area contributed by atoms with E-state index in [9.17, 15) is 5.11 Å². The van der Waals surface area contributed by atoms with Gasteiger partial charge in [0.1, 0.15) is 0 Å². The maximum Gasteiger partial charge on any atom is 0.160 e. The zero-order valence-corrected chi connectivity index (χ0v) is 12.1. The van der Waals surface area contributed by atoms with Crippen molar-refractivity contribution in [3.8, 4) is 11.5 Å². The van der Waals surface area contributed by atoms with Crippen molar-refractivity contribution in [2.24, 2.45) is 7.05 Å². The number of aromatic hydroxyl groups is 1. The third-order valence-corrected chi connectivity index (χ3v) is 3.46. The van der Waals surface area contributed by atoms with Gasteiger partial charge in [-0.1, -0.05) is 6.07 Å². The lowest BCUT2D eigenvalue weighted by Crippen LogP contribution is -2.22. The van der Waals surface area contributed by atoms with Crippen LogP contribution in [0.5, 0.6) is 11.5 Å². The van der Waals surface area contributed by atoms with E-state index in [-0.39, 0.29) is 11.8 Å². The summed E-state index contributed by atoms with van der Waals surface area (Å²) in [6.45, 7) is 2.96. The van der Waals surface area contributed by atoms with Crippen LogP contribution in [0.2, 0.25) is 0 Å². The number of rotatable bonds is 6. The van der Waals surface area contributed by atoms with Gasteiger partial charge in [-0.15, -0.1) is 0 Å². The fourth-order valence-corrected chi connectivity index (χ4v) is 2.14. The van der Waals surface area contributed by atoms with E-state index in [1.807, 2.05) is 36.1 Å². The fourth-order valence-electron chi connectivity index (χ4n) is 2.14. The SMILES string of the molecule is COc1cc(C(C)NCCc2ccnn2C)ccc1O. The molecule has 108 valence electrons. The second-order valence-corrected chi connectivity index (χ2v) is 4.80. The minimum Gasteiger partial charge on any atom is -0.504 e. The summed E-state index contributed by atoms with van der Waals surface area (Å²) in [5.41, 5.74) is 2.29. The third kappa shape index (κ3) is 3.30. The molecule has 5 nitrogen and oxygen atoms in total. The van der Waals surface area contributed by atoms with Crippen LogP contribution in [0.25, 0.3) is 0 Å². The standard InChI is InChI=1S/C15H21N3O2/c1-11(12-4-5-14(19)15(10-12)20-3)16-8-6-13-7-9-17-18(13)2/h4-5,7,9-11,16,19H,6,8H2,1-3H3. The summed E-state index contributed by atoms with van der Waals surface area (Å²) >= 11 is 0. The van der Waals surface area contributed by atoms with Crippen LogP contribution in [0.1, 0.15) is 24.2 Å². The Morgan fingerprint density at radius 3 is 2.85 bits per heavy atom. The zero-order valence-electron chi connectivity index (χ0n) is 12.1. The van der Waals surface area contributed by atoms with Gasteiger partial charge in [0.25, 0.3) is 0 Å². The summed E-state index contributed by atoms with van der Waals surface area (Å²) in [7, 11) is 3.50. The van der Waals surface area contributed by atoms with Gasteiger partial charge < -0.3 is 15.2 Å². The second kappa shape index (κ2) is 6.43. The van der Waals surface area contributed by atoms with Gasteiger partial charge in [-0.25, -0.2) is 0 Å². The van der Waals surface area contributed by atoms with Gasteiger partial charge in [0.15, 0.2) is 11.5 Å². The molecule has 0 radical (unpaired) electrons. The van der Waals surface area contributed by atoms with Gasteiger partial charge in [-0.05, 0) is 30.7 Å². The zero-order chi connectivity index (χ0) is 14.5. The number of phenols is 1. The molecule has 2 N–H and O–H groups in total. The molecule has 0 saturated heterocycles. The molecule has 0 aliphatic carbocycles. The smallest absolute Gasteiger partial charge is 0.160 e. The summed E-state index contributed by atoms with van der Waals surface area (Å²) in [4.78, 5) is 0. The summed E-state index contributed by atoms with van der Waals surface area (Å²) in [6, 6.07) is 7.64. The van der Waals surface area contributed by atoms with Gasteiger partial charge in [0, 0.05) is 37.9 Å². The number of aromatic nitrogens is 2. The van der Waals surface area contributed by atoms with E-state index in [1.165, 1.54) is 5.69 Å². The molecule has 5 heteroatoms. The highest BCUT2D eigenvalue weighted by molar-refractivity contribution is 5.42. The van der Waals surface area contributed by atoms with Crippen molar-refractivity contribution >= 4 is 0 Å². The number of phenolic OH excluding ortho intramolecular Hbond substituents is 1. The fraction of sp³-hybridized carbons (Fsp3) is 0.400. The van der Waals surface area contributed by atoms with Crippen molar-refractivity contribution in [2.45, 2.75) is 19.4 Å². The number of benzene rings is 1. The minimum absolute atomic E-state index is 0.165. The molecule has 1 unspecified atom stereocenters. The summed E-state index contributed by atoms with van der Waals surface area (Å²) in [6.07, 6.45) is 2.74. The Balaban J connectivity index is 1.91. The first-order chi connectivity index (χ1) is 9.61. The van der Waals surface area contributed by atoms with Crippen LogP contribution in [0.15, 0.2) is 30.5 Å². The average molecular weight is 275 g/mol. The molecular weight excluding hydrogens is 254 g/mol. The monoisotopic (exact) mass is 275 g/mol. The third-order valence-electron chi connectivity index (χ3n) is 3.46. The number of hydrogen-bond acceptors (Lipinski definition) is 4. The van der Waals surface area contributed by atoms with Crippen LogP contribution in [-0.4, -0.2) is 28.5 Å². The van der Waals surface area contributed by atoms with Crippen molar-refractivity contribution in [1.82, 2.24) is 15.1 Å². The first kappa shape index (κ1) is 14.4. The number of nitrogens with one attached hydrogen (secondary N) is 1. The van der Waals surface area contributed by atoms with Gasteiger partial charge in [0.05, 0.1) is 7.11 Å². The Kier molecular flexibility index (Phi) is 4.63. The van der Waals surface area contributed by atoms with E-state index < -0.39 is 0 Å². The van der Waals surface area contributed by atoms with Gasteiger partial charge in [0.2, 0.25) is 0 Å². The number of nitrogens with zero attached hydrogens (tertiary/aromatic N) is 2. The lowest BCUT2D eigenvalue weighted by Gasteiger charge is -2.15. The molecule has 1 aromatic carbocycles. The predicted molar refractivity (Wildman–Crippen MR) is 78.0 cm³/mol. The van der Waals surface area contributed by atoms with E-state index in [0.29, 0.717) is 5.75 Å². The normalized spacial score (nSPS) is 12.3. The van der Waals surface area contributed by atoms with Crippen LogP contribution in [0, 0.1) is 0 Å². The molecule has 0 spiro atoms. The van der Waals surface area contributed by atoms with Crippen molar-refractivity contribution in [2.75, 3.05) is 13.7 Å². The van der Waals surface area contributed by atoms with Crippen LogP contribution in [0.4, 0.5) is 0 Å². The van der Waals surface area contributed by atoms with E-state index in [4.69, 9.17) is 4.74 Å². The molecule has 1 atom stereocenters. The van der Waals surface area contributed by atoms with Gasteiger partial charge >= 0.3 is 0 Å². The van der Waals surface area contributed by atoms with E-state index in [2.05, 4.69) is 17.3 Å². The molecule has 0 bridgehead atoms. The number of methoxy groups -OCH3 is 1. The molecule has 2 rings (SSSR count). The largest absolute Gasteiger partial charge is 0.504 e. The Labute approximate surface area is 119 Å². The summed E-state index contributed by atoms with van der Waals surface area (Å²) in [5.74, 6) is 0.668. The Bertz CT molecular complexity index is 566. The lowest BCUT2D eigenvalue weighted by atomic mass is 10.1. The maximum absolute atomic E-state index is 9.59. The predicted octanol–water partition coefficient (Wildman–Crippen LogP) is 2.03. The van der Waals surface area contributed by atoms with Crippen LogP contribution in [0.3, 0.4) is 0 Å². The van der Waals surface area contributed by atoms with Crippen LogP contribution < -0.4 is 10.1 Å². The van der Waals surface area contributed by atoms with E-state index in [0.717, 1.165) is 18.5 Å². The van der Waals surface area contributed by atoms with Crippen LogP contribution in [-0.2, 0) is 13.5 Å². The highest BCUT2D eigenvalue weighted by atomic mass is 16.5. The van der Waals surface area contributed by atoms with Crippen molar-refractivity contribution < 1.29 is 9.84 Å². The molecule has 1 heterocycles. The first-order valence-corrected chi connectivity index (χ1v) is 6.69. The molecule has 0 saturated carbocycles. The van der Waals surface area contributed by atoms with E-state index in [1.54, 1.807) is 13.2 Å². The van der Waals surface area contributed by atoms with Crippen LogP contribution >= 0.6 is 0 Å². The minimum atomic E-state index is 0.165. The molecule has 0 fully saturated rings. The van der Waals surface area contributed by atoms with Crippen molar-refractivity contribution in [1.29, 1.82) is 0 Å². The quantitative estimate of drug-likeness (QED) is 0.847. The molecule has 0 aliphatic heterocycles. The number of aryl methyl sites for hydroxylation is 1. The van der Waals surface area contributed by atoms with E-state index >= 15 is 0 Å². The second-order valence-electron chi connectivity index (χ2n) is 4.80. The Morgan fingerprint density at radius 1 is 1.40 bits per heavy atom. The lowest BCUT2D eigenvalue weighted by molar-refractivity contribution is 0.372. The first-order valence-electron chi connectivity index (χ1n) is 6.69. The highest BCUT2D eigenvalue weighted by Gasteiger charge is 2.09. The van der Waals surface area contributed by atoms with Gasteiger partial charge in [-0.2, -0.15) is 5.10 Å². The molecule has 0 aliphatic rings. The van der Waals surface area contributed by atoms with Crippen molar-refractivity contribution in [3.05, 3.63) is 41.7 Å². The molecule has 1 aromatic heterocycles. The average Bonchev–Trinajstić information content (AvgIpc) is 2.85. The molecule has 20 heavy (non-hydrogen) atoms. The Hall–Kier alpha value is -2.01. The number of hydrogen-bond donors (Lipinski definition) is 2. The maximum atomic E-state index is 9.59. The van der Waals surface area contributed by atoms with Gasteiger partial charge in [-0.3, -0.25) is 4.68 Å². The summed E-state index contributed by atoms with van der Waals surface area (Å²) in [5, 5.41) is 17.2. The van der Waals surface area contributed by atoms with Crippen molar-refractivity contribution in [3.63, 3.8) is 0 Å². The molecule has 2 aromatic rings. The molecular formula is C15H21N3O2. The highest BCUT2D eigenvalue weighted by Crippen LogP contribution is 2.28. The topological polar surface area (TPSA) is 59.3 Å². The Morgan fingerprint density at radius 2 is 2.20 bits per heavy atom. The molecule has 0 amide bonds.